The summed E-state index contributed by atoms with van der Waals surface area (Å²) in [5.41, 5.74) is 10.7. The number of carbonyl (C=O) groups excluding carboxylic acids is 3. The smallest absolute Gasteiger partial charge is 0.325 e. The number of amides is 2. The molecule has 2 N–H and O–H groups in total. The summed E-state index contributed by atoms with van der Waals surface area (Å²) in [7, 11) is 1.75. The minimum atomic E-state index is -1.02. The third-order valence-electron chi connectivity index (χ3n) is 18.2. The maximum atomic E-state index is 15.4. The second-order valence-electron chi connectivity index (χ2n) is 24.4. The number of anilines is 1. The summed E-state index contributed by atoms with van der Waals surface area (Å²) in [6.07, 6.45) is 7.40. The molecule has 11 heterocycles. The largest absolute Gasteiger partial charge is 0.464 e. The van der Waals surface area contributed by atoms with Crippen molar-refractivity contribution in [2.75, 3.05) is 97.5 Å². The number of piperazine rings is 1. The van der Waals surface area contributed by atoms with Crippen molar-refractivity contribution < 1.29 is 42.8 Å². The van der Waals surface area contributed by atoms with Crippen LogP contribution in [0.4, 0.5) is 5.69 Å². The molecule has 9 fully saturated rings. The summed E-state index contributed by atoms with van der Waals surface area (Å²) in [5.74, 6) is -0.963. The molecule has 8 bridgehead atoms. The molecule has 10 aliphatic rings. The van der Waals surface area contributed by atoms with Crippen molar-refractivity contribution in [3.8, 4) is 22.5 Å². The highest BCUT2D eigenvalue weighted by Crippen LogP contribution is 2.48. The topological polar surface area (TPSA) is 174 Å². The zero-order chi connectivity index (χ0) is 52.0. The number of methoxy groups -OCH3 is 1. The van der Waals surface area contributed by atoms with Crippen LogP contribution in [-0.2, 0) is 55.8 Å². The van der Waals surface area contributed by atoms with Gasteiger partial charge in [-0.1, -0.05) is 26.8 Å². The molecule has 2 saturated carbocycles. The van der Waals surface area contributed by atoms with Gasteiger partial charge in [-0.05, 0) is 81.5 Å². The van der Waals surface area contributed by atoms with E-state index in [1.165, 1.54) is 24.2 Å². The number of pyridine rings is 1. The lowest BCUT2D eigenvalue weighted by atomic mass is 9.72. The predicted octanol–water partition coefficient (Wildman–Crippen LogP) is 5.53. The molecular weight excluding hydrogens is 987 g/mol. The van der Waals surface area contributed by atoms with Crippen LogP contribution in [0.25, 0.3) is 33.4 Å². The van der Waals surface area contributed by atoms with Crippen LogP contribution < -0.4 is 15.6 Å². The summed E-state index contributed by atoms with van der Waals surface area (Å²) < 4.78 is 38.9. The number of nitrogens with zero attached hydrogens (tertiary/aromatic N) is 7. The molecule has 1 aromatic carbocycles. The van der Waals surface area contributed by atoms with E-state index in [9.17, 15) is 9.59 Å². The van der Waals surface area contributed by atoms with Gasteiger partial charge < -0.3 is 43.2 Å². The van der Waals surface area contributed by atoms with Gasteiger partial charge in [0.05, 0.1) is 80.3 Å². The molecule has 2 amide bonds. The van der Waals surface area contributed by atoms with Crippen LogP contribution >= 0.6 is 11.3 Å². The second-order valence-corrected chi connectivity index (χ2v) is 25.3. The Kier molecular flexibility index (Phi) is 13.6. The van der Waals surface area contributed by atoms with E-state index in [0.29, 0.717) is 78.5 Å². The summed E-state index contributed by atoms with van der Waals surface area (Å²) in [6, 6.07) is 7.24. The molecule has 3 aromatic heterocycles. The van der Waals surface area contributed by atoms with Gasteiger partial charge in [-0.25, -0.2) is 10.4 Å². The first kappa shape index (κ1) is 50.9. The number of fused-ring (bicyclic) bond motifs is 4. The van der Waals surface area contributed by atoms with Gasteiger partial charge in [0.1, 0.15) is 23.2 Å². The van der Waals surface area contributed by atoms with Gasteiger partial charge in [-0.2, -0.15) is 0 Å². The number of hydrogen-bond acceptors (Lipinski definition) is 16. The van der Waals surface area contributed by atoms with Gasteiger partial charge in [0.2, 0.25) is 5.91 Å². The molecule has 4 aromatic rings. The number of carbonyl (C=O) groups is 3. The summed E-state index contributed by atoms with van der Waals surface area (Å²) in [4.78, 5) is 62.3. The second kappa shape index (κ2) is 20.3. The fourth-order valence-electron chi connectivity index (χ4n) is 13.4. The highest BCUT2D eigenvalue weighted by molar-refractivity contribution is 7.10. The molecule has 1 spiro atoms. The van der Waals surface area contributed by atoms with Crippen molar-refractivity contribution in [1.29, 1.82) is 0 Å². The van der Waals surface area contributed by atoms with Crippen LogP contribution in [0.3, 0.4) is 0 Å². The number of cyclic esters (lactones) is 1. The van der Waals surface area contributed by atoms with Crippen LogP contribution in [0.2, 0.25) is 0 Å². The molecule has 7 saturated heterocycles. The van der Waals surface area contributed by atoms with Gasteiger partial charge in [-0.15, -0.1) is 11.3 Å². The number of hydrogen-bond donors (Lipinski definition) is 2. The van der Waals surface area contributed by atoms with E-state index < -0.39 is 29.6 Å². The van der Waals surface area contributed by atoms with E-state index in [1.54, 1.807) is 12.1 Å². The number of hydrazine groups is 1. The van der Waals surface area contributed by atoms with Crippen LogP contribution in [0.1, 0.15) is 94.6 Å². The maximum absolute atomic E-state index is 15.4. The summed E-state index contributed by atoms with van der Waals surface area (Å²) >= 11 is 1.51. The lowest BCUT2D eigenvalue weighted by Gasteiger charge is -2.58. The van der Waals surface area contributed by atoms with Gasteiger partial charge in [0.15, 0.2) is 0 Å². The van der Waals surface area contributed by atoms with Crippen molar-refractivity contribution in [2.45, 2.75) is 128 Å². The zero-order valence-electron chi connectivity index (χ0n) is 44.8. The maximum Gasteiger partial charge on any atom is 0.325 e. The molecule has 0 radical (unpaired) electrons. The highest BCUT2D eigenvalue weighted by atomic mass is 32.1. The molecule has 6 atom stereocenters. The van der Waals surface area contributed by atoms with Crippen molar-refractivity contribution in [1.82, 2.24) is 40.1 Å². The number of rotatable bonds is 12. The molecule has 19 heteroatoms. The van der Waals surface area contributed by atoms with E-state index >= 15 is 4.79 Å². The molecule has 76 heavy (non-hydrogen) atoms. The summed E-state index contributed by atoms with van der Waals surface area (Å²) in [5, 5.41) is 8.75. The van der Waals surface area contributed by atoms with Crippen LogP contribution in [0.15, 0.2) is 35.8 Å². The Bertz CT molecular complexity index is 2840. The van der Waals surface area contributed by atoms with E-state index in [2.05, 4.69) is 80.4 Å². The fourth-order valence-corrected chi connectivity index (χ4v) is 14.4. The predicted molar refractivity (Wildman–Crippen MR) is 285 cm³/mol. The van der Waals surface area contributed by atoms with Gasteiger partial charge in [0, 0.05) is 122 Å². The zero-order valence-corrected chi connectivity index (χ0v) is 45.6. The average molecular weight is 1060 g/mol. The summed E-state index contributed by atoms with van der Waals surface area (Å²) in [6.45, 7) is 18.2. The molecule has 2 aliphatic carbocycles. The number of nitrogens with one attached hydrogen (secondary N) is 2. The Labute approximate surface area is 449 Å². The highest BCUT2D eigenvalue weighted by Gasteiger charge is 2.57. The third kappa shape index (κ3) is 9.46. The minimum Gasteiger partial charge on any atom is -0.464 e. The third-order valence-corrected chi connectivity index (χ3v) is 19.1. The lowest BCUT2D eigenvalue weighted by Crippen LogP contribution is -2.74. The molecule has 14 rings (SSSR count). The average Bonchev–Trinajstić information content (AvgIpc) is 4.09. The molecule has 18 nitrogen and oxygen atoms in total. The Morgan fingerprint density at radius 2 is 1.78 bits per heavy atom. The van der Waals surface area contributed by atoms with Crippen molar-refractivity contribution >= 4 is 45.7 Å². The SMILES string of the molecule is CO[C@@H](C)c1ncc(N2CCN(C3CC3)CC2)cc1-c1c2c3cc(ccc3n1CCOC1CCOCC1)-c1csc(n1)C(N1CC3(COC3)C1)[C@H](NC(=O)[C@H]1OC[C@@H]1C)C(=O)N1N[C@H](C(=O)OCC(C)(C)C2)C2CC1C2. The van der Waals surface area contributed by atoms with Gasteiger partial charge in [0.25, 0.3) is 5.91 Å². The minimum absolute atomic E-state index is 0.00560. The molecule has 1 unspecified atom stereocenters. The molecule has 408 valence electrons. The molecular formula is C57H75N9O9S. The number of ether oxygens (including phenoxy) is 6. The Morgan fingerprint density at radius 3 is 2.47 bits per heavy atom. The fraction of sp³-hybridized carbons (Fsp3) is 0.667. The van der Waals surface area contributed by atoms with E-state index in [-0.39, 0.29) is 59.9 Å². The lowest BCUT2D eigenvalue weighted by molar-refractivity contribution is -0.204. The number of thiazole rings is 1. The van der Waals surface area contributed by atoms with Crippen molar-refractivity contribution in [3.63, 3.8) is 0 Å². The van der Waals surface area contributed by atoms with E-state index in [1.807, 2.05) is 13.1 Å². The number of likely N-dealkylation sites (tertiary alicyclic amines) is 1. The first-order valence-corrected chi connectivity index (χ1v) is 29.0. The van der Waals surface area contributed by atoms with E-state index in [0.717, 1.165) is 100 Å². The van der Waals surface area contributed by atoms with Crippen LogP contribution in [0.5, 0.6) is 0 Å². The first-order valence-electron chi connectivity index (χ1n) is 28.1. The van der Waals surface area contributed by atoms with Gasteiger partial charge >= 0.3 is 5.97 Å². The normalized spacial score (nSPS) is 30.2. The Hall–Kier alpha value is -4.57. The van der Waals surface area contributed by atoms with Crippen LogP contribution in [-0.4, -0.2) is 176 Å². The van der Waals surface area contributed by atoms with Crippen molar-refractivity contribution in [3.05, 3.63) is 52.1 Å². The van der Waals surface area contributed by atoms with Gasteiger partial charge in [-0.3, -0.25) is 34.2 Å². The van der Waals surface area contributed by atoms with E-state index in [4.69, 9.17) is 38.4 Å². The number of benzene rings is 1. The van der Waals surface area contributed by atoms with Crippen LogP contribution in [0, 0.1) is 22.7 Å². The molecule has 8 aliphatic heterocycles. The number of aromatic nitrogens is 3. The monoisotopic (exact) mass is 1060 g/mol. The quantitative estimate of drug-likeness (QED) is 0.170. The standard InChI is InChI=1S/C57H75N9O9S/c1-33-26-74-51(33)52(67)60-48-50(64-28-57(29-64)31-72-32-57)53-59-44(27-76-53)35-6-9-45-41(22-35)43(24-56(3,4)30-75-55(69)47-36-20-38(21-36)66(61-47)54(48)68)49(65(45)16-19-73-40-10-17-71-18-11-40)42-23-39(25-58-46(42)34(2)70-5)63-14-12-62(13-15-63)37-7-8-37/h6,9,22-23,25,27,33-34,36-38,40,47-48,50-51,61H,7-8,10-21,24,26,28-32H2,1-5H3,(H,60,67)/t33-,34-,36?,38?,47-,48-,50?,51-/m0/s1. The Balaban J connectivity index is 0.956. The van der Waals surface area contributed by atoms with Crippen molar-refractivity contribution in [2.24, 2.45) is 22.7 Å². The number of esters is 1. The Morgan fingerprint density at radius 1 is 0.987 bits per heavy atom. The first-order chi connectivity index (χ1) is 36.8.